The first-order chi connectivity index (χ1) is 5.27. The second-order valence-electron chi connectivity index (χ2n) is 2.29. The minimum absolute atomic E-state index is 0.576. The Morgan fingerprint density at radius 1 is 1.45 bits per heavy atom. The molecule has 0 atom stereocenters. The second kappa shape index (κ2) is 3.07. The lowest BCUT2D eigenvalue weighted by molar-refractivity contribution is 0.417. The van der Waals surface area contributed by atoms with Gasteiger partial charge < -0.3 is 4.74 Å². The number of aryl methyl sites for hydroxylation is 1. The topological polar surface area (TPSA) is 13.6 Å². The molecule has 0 spiro atoms. The molecule has 0 aliphatic rings. The zero-order chi connectivity index (χ0) is 8.27. The highest BCUT2D eigenvalue weighted by molar-refractivity contribution is 5.58. The van der Waals surface area contributed by atoms with Gasteiger partial charge in [0.25, 0.3) is 0 Å². The highest BCUT2D eigenvalue weighted by Gasteiger charge is 2.00. The maximum Gasteiger partial charge on any atom is 0.228 e. The van der Waals surface area contributed by atoms with Crippen LogP contribution in [0.5, 0.6) is 5.75 Å². The molecule has 0 amide bonds. The lowest BCUT2D eigenvalue weighted by Crippen LogP contribution is -1.82. The molecule has 0 aliphatic carbocycles. The summed E-state index contributed by atoms with van der Waals surface area (Å²) >= 11 is 0. The molecule has 0 radical (unpaired) electrons. The van der Waals surface area contributed by atoms with Crippen molar-refractivity contribution in [3.05, 3.63) is 35.2 Å². The molecule has 2 heteroatoms. The Balaban J connectivity index is 3.19. The van der Waals surface area contributed by atoms with Gasteiger partial charge in [-0.15, -0.1) is 0 Å². The van der Waals surface area contributed by atoms with E-state index >= 15 is 0 Å². The SMILES string of the molecule is [C-]#[N+]c1cc(C)ccc1OC. The van der Waals surface area contributed by atoms with Crippen molar-refractivity contribution in [2.45, 2.75) is 6.92 Å². The monoisotopic (exact) mass is 147 g/mol. The van der Waals surface area contributed by atoms with Crippen LogP contribution in [-0.2, 0) is 0 Å². The maximum atomic E-state index is 6.83. The third-order valence-electron chi connectivity index (χ3n) is 1.45. The predicted octanol–water partition coefficient (Wildman–Crippen LogP) is 2.55. The average Bonchev–Trinajstić information content (AvgIpc) is 2.04. The summed E-state index contributed by atoms with van der Waals surface area (Å²) < 4.78 is 4.98. The van der Waals surface area contributed by atoms with Gasteiger partial charge in [-0.3, -0.25) is 0 Å². The molecule has 0 heterocycles. The first-order valence-electron chi connectivity index (χ1n) is 3.30. The fourth-order valence-corrected chi connectivity index (χ4v) is 0.887. The Hall–Kier alpha value is -1.49. The van der Waals surface area contributed by atoms with E-state index in [1.165, 1.54) is 0 Å². The third-order valence-corrected chi connectivity index (χ3v) is 1.45. The number of rotatable bonds is 1. The summed E-state index contributed by atoms with van der Waals surface area (Å²) in [6.45, 7) is 8.78. The Labute approximate surface area is 66.2 Å². The Morgan fingerprint density at radius 3 is 2.73 bits per heavy atom. The van der Waals surface area contributed by atoms with Crippen molar-refractivity contribution in [2.75, 3.05) is 7.11 Å². The van der Waals surface area contributed by atoms with E-state index in [0.29, 0.717) is 11.4 Å². The molecule has 2 nitrogen and oxygen atoms in total. The van der Waals surface area contributed by atoms with Crippen LogP contribution >= 0.6 is 0 Å². The summed E-state index contributed by atoms with van der Waals surface area (Å²) in [5.74, 6) is 0.644. The molecule has 0 saturated heterocycles. The zero-order valence-corrected chi connectivity index (χ0v) is 6.59. The van der Waals surface area contributed by atoms with Crippen molar-refractivity contribution in [2.24, 2.45) is 0 Å². The normalized spacial score (nSPS) is 8.82. The average molecular weight is 147 g/mol. The van der Waals surface area contributed by atoms with E-state index < -0.39 is 0 Å². The molecule has 1 aromatic carbocycles. The molecule has 56 valence electrons. The number of methoxy groups -OCH3 is 1. The molecule has 0 aromatic heterocycles. The van der Waals surface area contributed by atoms with E-state index in [-0.39, 0.29) is 0 Å². The van der Waals surface area contributed by atoms with Crippen LogP contribution in [0.15, 0.2) is 18.2 Å². The lowest BCUT2D eigenvalue weighted by Gasteiger charge is -2.01. The van der Waals surface area contributed by atoms with Crippen LogP contribution in [-0.4, -0.2) is 7.11 Å². The molecular weight excluding hydrogens is 138 g/mol. The van der Waals surface area contributed by atoms with E-state index in [2.05, 4.69) is 4.85 Å². The highest BCUT2D eigenvalue weighted by atomic mass is 16.5. The summed E-state index contributed by atoms with van der Waals surface area (Å²) in [6, 6.07) is 5.54. The summed E-state index contributed by atoms with van der Waals surface area (Å²) in [7, 11) is 1.57. The van der Waals surface area contributed by atoms with Crippen molar-refractivity contribution in [1.82, 2.24) is 0 Å². The molecule has 0 bridgehead atoms. The van der Waals surface area contributed by atoms with E-state index in [0.717, 1.165) is 5.56 Å². The van der Waals surface area contributed by atoms with Gasteiger partial charge in [-0.05, 0) is 19.1 Å². The van der Waals surface area contributed by atoms with Crippen molar-refractivity contribution < 1.29 is 4.74 Å². The van der Waals surface area contributed by atoms with Crippen LogP contribution in [0.3, 0.4) is 0 Å². The van der Waals surface area contributed by atoms with E-state index in [1.54, 1.807) is 7.11 Å². The van der Waals surface area contributed by atoms with Gasteiger partial charge >= 0.3 is 0 Å². The summed E-state index contributed by atoms with van der Waals surface area (Å²) in [4.78, 5) is 3.33. The molecule has 0 fully saturated rings. The fraction of sp³-hybridized carbons (Fsp3) is 0.222. The zero-order valence-electron chi connectivity index (χ0n) is 6.59. The fourth-order valence-electron chi connectivity index (χ4n) is 0.887. The first-order valence-corrected chi connectivity index (χ1v) is 3.30. The number of hydrogen-bond acceptors (Lipinski definition) is 1. The van der Waals surface area contributed by atoms with Crippen molar-refractivity contribution in [3.8, 4) is 5.75 Å². The number of nitrogens with zero attached hydrogens (tertiary/aromatic N) is 1. The molecule has 11 heavy (non-hydrogen) atoms. The summed E-state index contributed by atoms with van der Waals surface area (Å²) in [5.41, 5.74) is 1.66. The largest absolute Gasteiger partial charge is 0.508 e. The van der Waals surface area contributed by atoms with E-state index in [4.69, 9.17) is 11.3 Å². The number of hydrogen-bond donors (Lipinski definition) is 0. The standard InChI is InChI=1S/C9H9NO/c1-7-4-5-9(11-3)8(6-7)10-2/h4-6H,1,3H3. The Kier molecular flexibility index (Phi) is 2.12. The minimum Gasteiger partial charge on any atom is -0.508 e. The van der Waals surface area contributed by atoms with Gasteiger partial charge in [0.05, 0.1) is 13.7 Å². The van der Waals surface area contributed by atoms with Crippen molar-refractivity contribution >= 4 is 5.69 Å². The number of benzene rings is 1. The van der Waals surface area contributed by atoms with Crippen LogP contribution in [0.25, 0.3) is 4.85 Å². The molecule has 0 unspecified atom stereocenters. The van der Waals surface area contributed by atoms with Gasteiger partial charge in [-0.1, -0.05) is 11.6 Å². The predicted molar refractivity (Wildman–Crippen MR) is 44.0 cm³/mol. The summed E-state index contributed by atoms with van der Waals surface area (Å²) in [5, 5.41) is 0. The Bertz CT molecular complexity index is 299. The van der Waals surface area contributed by atoms with Crippen molar-refractivity contribution in [3.63, 3.8) is 0 Å². The minimum atomic E-state index is 0.576. The molecule has 0 N–H and O–H groups in total. The molecule has 0 saturated carbocycles. The second-order valence-corrected chi connectivity index (χ2v) is 2.29. The maximum absolute atomic E-state index is 6.83. The van der Waals surface area contributed by atoms with Gasteiger partial charge in [0, 0.05) is 0 Å². The van der Waals surface area contributed by atoms with E-state index in [1.807, 2.05) is 25.1 Å². The van der Waals surface area contributed by atoms with E-state index in [9.17, 15) is 0 Å². The van der Waals surface area contributed by atoms with Gasteiger partial charge in [0.2, 0.25) is 5.69 Å². The quantitative estimate of drug-likeness (QED) is 0.556. The number of ether oxygens (including phenoxy) is 1. The van der Waals surface area contributed by atoms with Gasteiger partial charge in [-0.2, -0.15) is 0 Å². The van der Waals surface area contributed by atoms with Crippen LogP contribution in [0.1, 0.15) is 5.56 Å². The molecule has 1 rings (SSSR count). The van der Waals surface area contributed by atoms with Gasteiger partial charge in [-0.25, -0.2) is 4.85 Å². The van der Waals surface area contributed by atoms with Crippen LogP contribution < -0.4 is 4.74 Å². The van der Waals surface area contributed by atoms with Crippen LogP contribution in [0.2, 0.25) is 0 Å². The van der Waals surface area contributed by atoms with Crippen molar-refractivity contribution in [1.29, 1.82) is 0 Å². The third kappa shape index (κ3) is 1.50. The van der Waals surface area contributed by atoms with Crippen LogP contribution in [0.4, 0.5) is 5.69 Å². The highest BCUT2D eigenvalue weighted by Crippen LogP contribution is 2.27. The Morgan fingerprint density at radius 2 is 2.18 bits per heavy atom. The first kappa shape index (κ1) is 7.62. The lowest BCUT2D eigenvalue weighted by atomic mass is 10.2. The molecule has 0 aliphatic heterocycles. The smallest absolute Gasteiger partial charge is 0.228 e. The summed E-state index contributed by atoms with van der Waals surface area (Å²) in [6.07, 6.45) is 0. The van der Waals surface area contributed by atoms with Gasteiger partial charge in [0.15, 0.2) is 0 Å². The molecular formula is C9H9NO. The van der Waals surface area contributed by atoms with Crippen LogP contribution in [0, 0.1) is 13.5 Å². The van der Waals surface area contributed by atoms with Gasteiger partial charge in [0.1, 0.15) is 5.75 Å². The molecule has 1 aromatic rings.